The fourth-order valence-corrected chi connectivity index (χ4v) is 2.77. The summed E-state index contributed by atoms with van der Waals surface area (Å²) in [5.41, 5.74) is 2.49. The molecule has 3 rings (SSSR count). The Bertz CT molecular complexity index is 774. The second-order valence-electron chi connectivity index (χ2n) is 6.01. The highest BCUT2D eigenvalue weighted by Gasteiger charge is 2.10. The largest absolute Gasteiger partial charge is 0.352 e. The molecule has 0 bridgehead atoms. The summed E-state index contributed by atoms with van der Waals surface area (Å²) >= 11 is 0. The maximum absolute atomic E-state index is 4.71. The first-order valence-electron chi connectivity index (χ1n) is 8.69. The van der Waals surface area contributed by atoms with Gasteiger partial charge in [0.25, 0.3) is 0 Å². The Morgan fingerprint density at radius 1 is 0.960 bits per heavy atom. The van der Waals surface area contributed by atoms with Gasteiger partial charge in [-0.25, -0.2) is 4.98 Å². The van der Waals surface area contributed by atoms with Gasteiger partial charge in [0.2, 0.25) is 5.95 Å². The van der Waals surface area contributed by atoms with Crippen LogP contribution < -0.4 is 10.2 Å². The molecule has 4 nitrogen and oxygen atoms in total. The van der Waals surface area contributed by atoms with Gasteiger partial charge in [-0.2, -0.15) is 4.98 Å². The lowest BCUT2D eigenvalue weighted by molar-refractivity contribution is 0.803. The van der Waals surface area contributed by atoms with E-state index in [4.69, 9.17) is 4.98 Å². The summed E-state index contributed by atoms with van der Waals surface area (Å²) in [4.78, 5) is 11.3. The molecule has 0 saturated heterocycles. The topological polar surface area (TPSA) is 41.1 Å². The highest BCUT2D eigenvalue weighted by molar-refractivity contribution is 5.44. The fourth-order valence-electron chi connectivity index (χ4n) is 2.77. The molecule has 1 N–H and O–H groups in total. The summed E-state index contributed by atoms with van der Waals surface area (Å²) in [5, 5.41) is 3.39. The Hall–Kier alpha value is -2.88. The van der Waals surface area contributed by atoms with Crippen LogP contribution >= 0.6 is 0 Å². The van der Waals surface area contributed by atoms with E-state index in [0.29, 0.717) is 5.95 Å². The van der Waals surface area contributed by atoms with Gasteiger partial charge in [0.05, 0.1) is 6.04 Å². The number of nitrogens with one attached hydrogen (secondary N) is 1. The number of rotatable bonds is 7. The molecule has 3 aromatic rings. The van der Waals surface area contributed by atoms with Crippen molar-refractivity contribution in [2.45, 2.75) is 26.4 Å². The summed E-state index contributed by atoms with van der Waals surface area (Å²) < 4.78 is 0. The van der Waals surface area contributed by atoms with Gasteiger partial charge >= 0.3 is 0 Å². The summed E-state index contributed by atoms with van der Waals surface area (Å²) in [6, 6.07) is 22.9. The second kappa shape index (κ2) is 8.29. The van der Waals surface area contributed by atoms with E-state index >= 15 is 0 Å². The van der Waals surface area contributed by atoms with Crippen LogP contribution in [-0.4, -0.2) is 16.5 Å². The van der Waals surface area contributed by atoms with Crippen LogP contribution in [0.5, 0.6) is 0 Å². The fraction of sp³-hybridized carbons (Fsp3) is 0.238. The van der Waals surface area contributed by atoms with E-state index in [1.54, 1.807) is 0 Å². The third-order valence-electron chi connectivity index (χ3n) is 4.21. The molecule has 0 radical (unpaired) electrons. The summed E-state index contributed by atoms with van der Waals surface area (Å²) in [5.74, 6) is 1.59. The highest BCUT2D eigenvalue weighted by atomic mass is 15.2. The lowest BCUT2D eigenvalue weighted by Crippen LogP contribution is -2.23. The predicted molar refractivity (Wildman–Crippen MR) is 104 cm³/mol. The Kier molecular flexibility index (Phi) is 5.62. The number of aromatic nitrogens is 2. The van der Waals surface area contributed by atoms with Crippen molar-refractivity contribution in [3.05, 3.63) is 84.1 Å². The van der Waals surface area contributed by atoms with Gasteiger partial charge in [0, 0.05) is 19.3 Å². The van der Waals surface area contributed by atoms with Crippen LogP contribution in [0.4, 0.5) is 11.8 Å². The van der Waals surface area contributed by atoms with Gasteiger partial charge in [0.1, 0.15) is 5.82 Å². The quantitative estimate of drug-likeness (QED) is 0.682. The minimum absolute atomic E-state index is 0.153. The molecule has 0 aliphatic carbocycles. The molecule has 1 atom stereocenters. The minimum Gasteiger partial charge on any atom is -0.352 e. The first kappa shape index (κ1) is 17.0. The Labute approximate surface area is 149 Å². The zero-order valence-corrected chi connectivity index (χ0v) is 14.8. The van der Waals surface area contributed by atoms with Crippen molar-refractivity contribution in [1.82, 2.24) is 9.97 Å². The van der Waals surface area contributed by atoms with Crippen molar-refractivity contribution in [2.75, 3.05) is 16.8 Å². The zero-order valence-electron chi connectivity index (χ0n) is 14.8. The van der Waals surface area contributed by atoms with Gasteiger partial charge in [-0.1, -0.05) is 60.7 Å². The number of benzene rings is 2. The minimum atomic E-state index is 0.153. The standard InChI is InChI=1S/C21H24N4/c1-3-25(16-18-10-6-4-7-11-18)20-14-15-22-21(24-20)23-17(2)19-12-8-5-9-13-19/h4-15,17H,3,16H2,1-2H3,(H,22,23,24). The maximum atomic E-state index is 4.71. The Morgan fingerprint density at radius 3 is 2.32 bits per heavy atom. The predicted octanol–water partition coefficient (Wildman–Crippen LogP) is 4.68. The van der Waals surface area contributed by atoms with E-state index in [2.05, 4.69) is 65.4 Å². The van der Waals surface area contributed by atoms with Crippen LogP contribution in [0, 0.1) is 0 Å². The van der Waals surface area contributed by atoms with Gasteiger partial charge in [-0.3, -0.25) is 0 Å². The van der Waals surface area contributed by atoms with Gasteiger partial charge in [0.15, 0.2) is 0 Å². The maximum Gasteiger partial charge on any atom is 0.225 e. The van der Waals surface area contributed by atoms with E-state index < -0.39 is 0 Å². The Morgan fingerprint density at radius 2 is 1.64 bits per heavy atom. The third kappa shape index (κ3) is 4.57. The molecule has 2 aromatic carbocycles. The summed E-state index contributed by atoms with van der Waals surface area (Å²) in [6.07, 6.45) is 1.82. The molecule has 128 valence electrons. The Balaban J connectivity index is 1.73. The molecule has 1 unspecified atom stereocenters. The zero-order chi connectivity index (χ0) is 17.5. The van der Waals surface area contributed by atoms with Gasteiger partial charge in [-0.15, -0.1) is 0 Å². The highest BCUT2D eigenvalue weighted by Crippen LogP contribution is 2.19. The normalized spacial score (nSPS) is 11.8. The van der Waals surface area contributed by atoms with Crippen LogP contribution in [0.25, 0.3) is 0 Å². The van der Waals surface area contributed by atoms with E-state index in [9.17, 15) is 0 Å². The monoisotopic (exact) mass is 332 g/mol. The van der Waals surface area contributed by atoms with Crippen molar-refractivity contribution in [3.8, 4) is 0 Å². The lowest BCUT2D eigenvalue weighted by Gasteiger charge is -2.23. The lowest BCUT2D eigenvalue weighted by atomic mass is 10.1. The second-order valence-corrected chi connectivity index (χ2v) is 6.01. The first-order valence-corrected chi connectivity index (χ1v) is 8.69. The molecule has 4 heteroatoms. The van der Waals surface area contributed by atoms with E-state index in [-0.39, 0.29) is 6.04 Å². The van der Waals surface area contributed by atoms with Crippen molar-refractivity contribution in [1.29, 1.82) is 0 Å². The van der Waals surface area contributed by atoms with Crippen LogP contribution in [0.15, 0.2) is 72.9 Å². The molecule has 1 aromatic heterocycles. The van der Waals surface area contributed by atoms with E-state index in [1.807, 2.05) is 36.5 Å². The van der Waals surface area contributed by atoms with Gasteiger partial charge in [-0.05, 0) is 31.0 Å². The third-order valence-corrected chi connectivity index (χ3v) is 4.21. The van der Waals surface area contributed by atoms with Crippen LogP contribution in [0.3, 0.4) is 0 Å². The number of hydrogen-bond donors (Lipinski definition) is 1. The van der Waals surface area contributed by atoms with Crippen LogP contribution in [-0.2, 0) is 6.54 Å². The summed E-state index contributed by atoms with van der Waals surface area (Å²) in [6.45, 7) is 5.99. The number of hydrogen-bond acceptors (Lipinski definition) is 4. The van der Waals surface area contributed by atoms with Crippen LogP contribution in [0.1, 0.15) is 31.0 Å². The van der Waals surface area contributed by atoms with Crippen molar-refractivity contribution >= 4 is 11.8 Å². The van der Waals surface area contributed by atoms with Crippen molar-refractivity contribution < 1.29 is 0 Å². The van der Waals surface area contributed by atoms with E-state index in [1.165, 1.54) is 11.1 Å². The molecule has 0 amide bonds. The number of anilines is 2. The molecule has 0 fully saturated rings. The molecular formula is C21H24N4. The molecule has 25 heavy (non-hydrogen) atoms. The smallest absolute Gasteiger partial charge is 0.225 e. The average Bonchev–Trinajstić information content (AvgIpc) is 2.68. The number of nitrogens with zero attached hydrogens (tertiary/aromatic N) is 3. The van der Waals surface area contributed by atoms with Crippen molar-refractivity contribution in [3.63, 3.8) is 0 Å². The first-order chi connectivity index (χ1) is 12.3. The average molecular weight is 332 g/mol. The summed E-state index contributed by atoms with van der Waals surface area (Å²) in [7, 11) is 0. The molecular weight excluding hydrogens is 308 g/mol. The van der Waals surface area contributed by atoms with Gasteiger partial charge < -0.3 is 10.2 Å². The van der Waals surface area contributed by atoms with Crippen LogP contribution in [0.2, 0.25) is 0 Å². The molecule has 1 heterocycles. The van der Waals surface area contributed by atoms with Crippen molar-refractivity contribution in [2.24, 2.45) is 0 Å². The molecule has 0 aliphatic rings. The molecule has 0 saturated carbocycles. The molecule has 0 aliphatic heterocycles. The molecule has 0 spiro atoms. The SMILES string of the molecule is CCN(Cc1ccccc1)c1ccnc(NC(C)c2ccccc2)n1. The van der Waals surface area contributed by atoms with E-state index in [0.717, 1.165) is 18.9 Å².